The quantitative estimate of drug-likeness (QED) is 0.122. The van der Waals surface area contributed by atoms with Crippen molar-refractivity contribution < 1.29 is 17.1 Å². The van der Waals surface area contributed by atoms with Gasteiger partial charge in [-0.15, -0.1) is 6.67 Å². The van der Waals surface area contributed by atoms with Crippen LogP contribution in [0.2, 0.25) is 0 Å². The zero-order chi connectivity index (χ0) is 33.9. The fraction of sp³-hybridized carbons (Fsp3) is 0.286. The zero-order valence-electron chi connectivity index (χ0n) is 29.7. The van der Waals surface area contributed by atoms with E-state index in [0.29, 0.717) is 35.2 Å². The molecule has 0 saturated carbocycles. The number of para-hydroxylation sites is 2. The Morgan fingerprint density at radius 3 is 1.55 bits per heavy atom. The molecule has 3 heterocycles. The Labute approximate surface area is 302 Å². The van der Waals surface area contributed by atoms with E-state index in [0.717, 1.165) is 11.0 Å². The van der Waals surface area contributed by atoms with Crippen molar-refractivity contribution in [2.45, 2.75) is 79.1 Å². The molecule has 0 aliphatic carbocycles. The minimum Gasteiger partial charge on any atom is -0.479 e. The fourth-order valence-electron chi connectivity index (χ4n) is 6.42. The number of aromatic nitrogens is 4. The summed E-state index contributed by atoms with van der Waals surface area (Å²) in [7, 11) is 0. The molecule has 0 fully saturated rings. The number of benzene rings is 4. The molecule has 4 aromatic carbocycles. The Kier molecular flexibility index (Phi) is 11.3. The molecule has 1 aliphatic heterocycles. The molecule has 1 aliphatic rings. The van der Waals surface area contributed by atoms with Gasteiger partial charge in [-0.2, -0.15) is 0 Å². The molecule has 0 atom stereocenters. The summed E-state index contributed by atoms with van der Waals surface area (Å²) in [5, 5.41) is 2.33. The number of imidazole rings is 1. The van der Waals surface area contributed by atoms with Crippen molar-refractivity contribution >= 4 is 33.2 Å². The van der Waals surface area contributed by atoms with E-state index in [1.165, 1.54) is 44.4 Å². The van der Waals surface area contributed by atoms with E-state index in [2.05, 4.69) is 165 Å². The average Bonchev–Trinajstić information content (AvgIpc) is 3.74. The first kappa shape index (κ1) is 35.8. The third-order valence-corrected chi connectivity index (χ3v) is 8.93. The molecule has 2 aromatic heterocycles. The summed E-state index contributed by atoms with van der Waals surface area (Å²) in [6.07, 6.45) is 9.39. The first-order valence-electron chi connectivity index (χ1n) is 17.1. The normalized spacial score (nSPS) is 12.8. The maximum Gasteiger partial charge on any atom is 2.00 e. The second-order valence-electron chi connectivity index (χ2n) is 13.7. The van der Waals surface area contributed by atoms with E-state index < -0.39 is 0 Å². The summed E-state index contributed by atoms with van der Waals surface area (Å²) in [6.45, 7) is 20.5. The molecular formula is C42H46CuN6. The Morgan fingerprint density at radius 1 is 0.612 bits per heavy atom. The Balaban J connectivity index is 0.000000202. The topological polar surface area (TPSA) is 59.2 Å². The zero-order valence-corrected chi connectivity index (χ0v) is 30.6. The molecule has 6 aromatic rings. The molecule has 0 bridgehead atoms. The fourth-order valence-corrected chi connectivity index (χ4v) is 6.42. The predicted octanol–water partition coefficient (Wildman–Crippen LogP) is 10.9. The number of hydrogen-bond donors (Lipinski definition) is 0. The van der Waals surface area contributed by atoms with E-state index >= 15 is 0 Å². The number of fused-ring (bicyclic) bond motifs is 2. The summed E-state index contributed by atoms with van der Waals surface area (Å²) in [6, 6.07) is 25.8. The van der Waals surface area contributed by atoms with Crippen LogP contribution in [0.15, 0.2) is 104 Å². The largest absolute Gasteiger partial charge is 2.00 e. The van der Waals surface area contributed by atoms with Gasteiger partial charge in [0.05, 0.1) is 11.9 Å². The van der Waals surface area contributed by atoms with Crippen molar-refractivity contribution in [3.8, 4) is 11.5 Å². The molecule has 0 spiro atoms. The number of anilines is 2. The van der Waals surface area contributed by atoms with Crippen LogP contribution in [0.25, 0.3) is 33.3 Å². The van der Waals surface area contributed by atoms with Gasteiger partial charge >= 0.3 is 17.1 Å². The van der Waals surface area contributed by atoms with Crippen LogP contribution in [0.1, 0.15) is 101 Å². The second-order valence-corrected chi connectivity index (χ2v) is 13.7. The van der Waals surface area contributed by atoms with Crippen LogP contribution >= 0.6 is 0 Å². The minimum absolute atomic E-state index is 0. The average molecular weight is 698 g/mol. The van der Waals surface area contributed by atoms with Gasteiger partial charge in [-0.1, -0.05) is 128 Å². The first-order chi connectivity index (χ1) is 23.1. The summed E-state index contributed by atoms with van der Waals surface area (Å²) < 4.78 is 0. The molecule has 255 valence electrons. The van der Waals surface area contributed by atoms with Gasteiger partial charge in [-0.3, -0.25) is 9.97 Å². The Morgan fingerprint density at radius 2 is 1.10 bits per heavy atom. The van der Waals surface area contributed by atoms with E-state index in [4.69, 9.17) is 0 Å². The minimum atomic E-state index is 0. The summed E-state index contributed by atoms with van der Waals surface area (Å²) in [5.41, 5.74) is 10.8. The van der Waals surface area contributed by atoms with Crippen LogP contribution in [0.4, 0.5) is 11.4 Å². The third kappa shape index (κ3) is 7.59. The van der Waals surface area contributed by atoms with Gasteiger partial charge in [0.1, 0.15) is 0 Å². The van der Waals surface area contributed by atoms with Gasteiger partial charge in [0.2, 0.25) is 0 Å². The van der Waals surface area contributed by atoms with Gasteiger partial charge in [-0.05, 0) is 86.0 Å². The van der Waals surface area contributed by atoms with Crippen LogP contribution < -0.4 is 14.8 Å². The summed E-state index contributed by atoms with van der Waals surface area (Å²) in [4.78, 5) is 22.0. The molecule has 0 N–H and O–H groups in total. The van der Waals surface area contributed by atoms with Crippen LogP contribution in [0.5, 0.6) is 0 Å². The van der Waals surface area contributed by atoms with Gasteiger partial charge in [0.15, 0.2) is 0 Å². The number of hydrogen-bond acceptors (Lipinski definition) is 5. The van der Waals surface area contributed by atoms with Gasteiger partial charge in [0, 0.05) is 23.8 Å². The second kappa shape index (κ2) is 15.4. The number of rotatable bonds is 7. The standard InChI is InChI=1S/C27H37N2.C15H9N4.Cu/c1-18(2)22-11-9-12-23(19(3)4)26(22)28-15-16-29(17-28)27-24(20(5)6)13-10-14-25(27)21(7)8;1-2-4-11-8-13-12(7-10(11)3-1)18-15(19-13)14-9-16-5-6-17-14;/h9-21H,1-8H3;1-9H;/q2*-1;+2. The molecule has 6 nitrogen and oxygen atoms in total. The number of nitrogens with zero attached hydrogens (tertiary/aromatic N) is 6. The smallest absolute Gasteiger partial charge is 0.479 e. The van der Waals surface area contributed by atoms with Crippen LogP contribution in [-0.2, 0) is 17.1 Å². The van der Waals surface area contributed by atoms with Gasteiger partial charge in [-0.25, -0.2) is 0 Å². The molecule has 7 rings (SSSR count). The summed E-state index contributed by atoms with van der Waals surface area (Å²) in [5.74, 6) is 2.54. The third-order valence-electron chi connectivity index (χ3n) is 8.93. The van der Waals surface area contributed by atoms with Crippen molar-refractivity contribution in [3.05, 3.63) is 133 Å². The maximum atomic E-state index is 4.52. The van der Waals surface area contributed by atoms with Crippen molar-refractivity contribution in [1.82, 2.24) is 19.9 Å². The van der Waals surface area contributed by atoms with Crippen LogP contribution in [-0.4, -0.2) is 15.0 Å². The van der Waals surface area contributed by atoms with Crippen molar-refractivity contribution in [2.75, 3.05) is 9.80 Å². The van der Waals surface area contributed by atoms with Crippen molar-refractivity contribution in [2.24, 2.45) is 0 Å². The molecule has 1 radical (unpaired) electrons. The monoisotopic (exact) mass is 697 g/mol. The predicted molar refractivity (Wildman–Crippen MR) is 201 cm³/mol. The summed E-state index contributed by atoms with van der Waals surface area (Å²) >= 11 is 0. The van der Waals surface area contributed by atoms with Crippen LogP contribution in [0.3, 0.4) is 0 Å². The molecular weight excluding hydrogens is 652 g/mol. The van der Waals surface area contributed by atoms with Gasteiger partial charge in [0.25, 0.3) is 0 Å². The molecule has 7 heteroatoms. The van der Waals surface area contributed by atoms with E-state index in [9.17, 15) is 0 Å². The van der Waals surface area contributed by atoms with Crippen LogP contribution in [0, 0.1) is 6.67 Å². The molecule has 0 unspecified atom stereocenters. The molecule has 0 amide bonds. The van der Waals surface area contributed by atoms with Crippen molar-refractivity contribution in [3.63, 3.8) is 0 Å². The maximum absolute atomic E-state index is 4.52. The Bertz CT molecular complexity index is 1870. The first-order valence-corrected chi connectivity index (χ1v) is 17.1. The molecule has 0 saturated heterocycles. The van der Waals surface area contributed by atoms with Crippen molar-refractivity contribution in [1.29, 1.82) is 0 Å². The van der Waals surface area contributed by atoms with E-state index in [1.54, 1.807) is 18.6 Å². The molecule has 49 heavy (non-hydrogen) atoms. The van der Waals surface area contributed by atoms with E-state index in [1.807, 2.05) is 12.1 Å². The van der Waals surface area contributed by atoms with E-state index in [-0.39, 0.29) is 17.1 Å². The SMILES string of the molecule is CC(C)c1cccc(C(C)C)c1N1C=CN(c2c(C(C)C)cccc2C(C)C)[CH-]1.[Cu+2].c1ccc2cc3[n-]c(-c4cnccn4)nc3cc2c1. The van der Waals surface area contributed by atoms with Gasteiger partial charge < -0.3 is 19.8 Å². The Hall–Kier alpha value is -4.45.